The molecule has 10 aromatic rings. The summed E-state index contributed by atoms with van der Waals surface area (Å²) in [5.74, 6) is 1.74. The quantitative estimate of drug-likeness (QED) is 0.0362. The van der Waals surface area contributed by atoms with Gasteiger partial charge in [0.2, 0.25) is 0 Å². The Morgan fingerprint density at radius 2 is 0.891 bits per heavy atom. The van der Waals surface area contributed by atoms with E-state index < -0.39 is 51.5 Å². The van der Waals surface area contributed by atoms with Crippen molar-refractivity contribution in [2.24, 2.45) is 46.3 Å². The number of ether oxygens (including phenoxy) is 4. The number of pyridine rings is 2. The highest BCUT2D eigenvalue weighted by Gasteiger charge is 2.41. The third-order valence-corrected chi connectivity index (χ3v) is 30.9. The van der Waals surface area contributed by atoms with E-state index >= 15 is 0 Å². The fourth-order valence-electron chi connectivity index (χ4n) is 20.1. The number of allylic oxidation sites excluding steroid dienone is 2. The zero-order valence-corrected chi connectivity index (χ0v) is 76.3. The predicted octanol–water partition coefficient (Wildman–Crippen LogP) is 20.4. The number of hydrogen-bond acceptors (Lipinski definition) is 20. The fraction of sp³-hybridized carbons (Fsp3) is 0.429. The second-order valence-electron chi connectivity index (χ2n) is 37.9. The normalized spacial score (nSPS) is 21.6. The van der Waals surface area contributed by atoms with Gasteiger partial charge in [0.05, 0.1) is 67.5 Å². The number of halogens is 2. The van der Waals surface area contributed by atoms with Crippen LogP contribution in [0.4, 0.5) is 22.7 Å². The topological polar surface area (TPSA) is 320 Å². The largest absolute Gasteiger partial charge is 0.493 e. The average molecular weight is 1820 g/mol. The first-order valence-corrected chi connectivity index (χ1v) is 48.5. The highest BCUT2D eigenvalue weighted by molar-refractivity contribution is 7.90. The minimum Gasteiger partial charge on any atom is -0.493 e. The number of nitrogens with zero attached hydrogens (tertiary/aromatic N) is 8. The minimum atomic E-state index is -4.61. The molecule has 6 aromatic carbocycles. The Kier molecular flexibility index (Phi) is 26.0. The molecular weight excluding hydrogens is 1700 g/mol. The number of nitro groups is 2. The van der Waals surface area contributed by atoms with Gasteiger partial charge in [-0.05, 0) is 207 Å². The fourth-order valence-corrected chi connectivity index (χ4v) is 22.4. The molecule has 2 amide bonds. The second kappa shape index (κ2) is 37.3. The van der Waals surface area contributed by atoms with Crippen LogP contribution in [0, 0.1) is 66.6 Å². The van der Waals surface area contributed by atoms with Crippen LogP contribution in [0.25, 0.3) is 33.2 Å². The summed E-state index contributed by atoms with van der Waals surface area (Å²) in [6.45, 7) is 22.5. The highest BCUT2D eigenvalue weighted by Crippen LogP contribution is 2.49. The van der Waals surface area contributed by atoms with Gasteiger partial charge in [0, 0.05) is 158 Å². The van der Waals surface area contributed by atoms with Crippen LogP contribution in [-0.2, 0) is 32.9 Å². The molecule has 2 saturated carbocycles. The zero-order valence-electron chi connectivity index (χ0n) is 73.1. The Hall–Kier alpha value is -10.9. The summed E-state index contributed by atoms with van der Waals surface area (Å²) in [7, 11) is -9.22. The third kappa shape index (κ3) is 20.4. The van der Waals surface area contributed by atoms with Gasteiger partial charge in [-0.2, -0.15) is 0 Å². The summed E-state index contributed by atoms with van der Waals surface area (Å²) in [4.78, 5) is 75.4. The molecule has 2 saturated heterocycles. The van der Waals surface area contributed by atoms with Crippen molar-refractivity contribution in [1.82, 2.24) is 39.2 Å². The first-order chi connectivity index (χ1) is 61.3. The number of nitrogens with one attached hydrogen (secondary N) is 4. The number of aromatic nitrogens is 4. The van der Waals surface area contributed by atoms with Crippen molar-refractivity contribution in [3.05, 3.63) is 233 Å². The summed E-state index contributed by atoms with van der Waals surface area (Å²) in [5, 5.41) is 27.9. The number of carbonyl (C=O) groups is 2. The number of nitro benzene ring substituents is 2. The molecule has 0 bridgehead atoms. The number of hydrogen-bond donors (Lipinski definition) is 4. The maximum absolute atomic E-state index is 14.1. The number of fused-ring (bicyclic) bond motifs is 4. The molecule has 672 valence electrons. The van der Waals surface area contributed by atoms with Crippen LogP contribution in [0.2, 0.25) is 10.0 Å². The number of H-pyrrole nitrogens is 2. The number of aromatic amines is 2. The lowest BCUT2D eigenvalue weighted by molar-refractivity contribution is -0.386. The second-order valence-corrected chi connectivity index (χ2v) is 42.2. The standard InChI is InChI=1S/2C49H55ClN6O7S/c2*1-31-4-6-32(7-5-31)36-23-42-44(56(58)59)25-40(26-45(42)62-30-36)64(60,61)53-48(57)41-13-12-38(24-46(41)63-39-22-34-15-17-51-47(34)52-28-39)55-20-18-54(19-21-55)29-35-14-16-49(2,3)27-43(35)33-8-10-37(50)11-9-33/h2*8-13,15,17,22,24-26,28,31-32,36H,4-7,14,16,18-21,23,27,29-30H2,1-3H3,(H,51,52)(H,53,57)/t2*31?,32?,36-/m11/s1. The van der Waals surface area contributed by atoms with Gasteiger partial charge in [0.1, 0.15) is 45.8 Å². The molecule has 30 heteroatoms. The number of anilines is 2. The van der Waals surface area contributed by atoms with Crippen molar-refractivity contribution in [1.29, 1.82) is 0 Å². The van der Waals surface area contributed by atoms with Gasteiger partial charge in [-0.3, -0.25) is 39.6 Å². The van der Waals surface area contributed by atoms with E-state index in [1.807, 2.05) is 36.4 Å². The Bertz CT molecular complexity index is 5810. The minimum absolute atomic E-state index is 0.0321. The van der Waals surface area contributed by atoms with Crippen LogP contribution in [-0.4, -0.2) is 147 Å². The lowest BCUT2D eigenvalue weighted by Gasteiger charge is -2.39. The van der Waals surface area contributed by atoms with E-state index in [-0.39, 0.29) is 68.2 Å². The van der Waals surface area contributed by atoms with E-state index in [2.05, 4.69) is 115 Å². The zero-order chi connectivity index (χ0) is 89.5. The first-order valence-electron chi connectivity index (χ1n) is 44.8. The highest BCUT2D eigenvalue weighted by atomic mass is 35.5. The van der Waals surface area contributed by atoms with Gasteiger partial charge in [0.25, 0.3) is 43.2 Å². The number of sulfonamides is 2. The van der Waals surface area contributed by atoms with Crippen LogP contribution in [0.5, 0.6) is 34.5 Å². The van der Waals surface area contributed by atoms with Gasteiger partial charge in [0.15, 0.2) is 0 Å². The van der Waals surface area contributed by atoms with Crippen LogP contribution in [0.1, 0.15) is 174 Å². The lowest BCUT2D eigenvalue weighted by Crippen LogP contribution is -2.47. The number of benzene rings is 6. The van der Waals surface area contributed by atoms with E-state index in [0.717, 1.165) is 200 Å². The van der Waals surface area contributed by atoms with E-state index in [1.54, 1.807) is 60.9 Å². The van der Waals surface area contributed by atoms with Crippen molar-refractivity contribution in [2.75, 3.05) is 88.5 Å². The monoisotopic (exact) mass is 1810 g/mol. The average Bonchev–Trinajstić information content (AvgIpc) is 1.03. The molecular formula is C98H110Cl2N12O14S2. The molecule has 2 atom stereocenters. The summed E-state index contributed by atoms with van der Waals surface area (Å²) in [6.07, 6.45) is 22.5. The molecule has 4 aliphatic carbocycles. The van der Waals surface area contributed by atoms with Crippen molar-refractivity contribution in [3.63, 3.8) is 0 Å². The Labute approximate surface area is 756 Å². The van der Waals surface area contributed by atoms with Crippen LogP contribution < -0.4 is 38.2 Å². The molecule has 128 heavy (non-hydrogen) atoms. The van der Waals surface area contributed by atoms with E-state index in [4.69, 9.17) is 42.1 Å². The lowest BCUT2D eigenvalue weighted by atomic mass is 9.72. The Morgan fingerprint density at radius 1 is 0.508 bits per heavy atom. The molecule has 4 N–H and O–H groups in total. The van der Waals surface area contributed by atoms with Crippen LogP contribution in [0.15, 0.2) is 179 Å². The molecule has 0 radical (unpaired) electrons. The summed E-state index contributed by atoms with van der Waals surface area (Å²) >= 11 is 12.5. The molecule has 0 unspecified atom stereocenters. The van der Waals surface area contributed by atoms with E-state index in [9.17, 15) is 46.7 Å². The maximum Gasteiger partial charge on any atom is 0.277 e. The molecule has 4 aromatic heterocycles. The summed E-state index contributed by atoms with van der Waals surface area (Å²) < 4.78 is 85.0. The summed E-state index contributed by atoms with van der Waals surface area (Å²) in [6, 6.07) is 38.5. The smallest absolute Gasteiger partial charge is 0.277 e. The molecule has 26 nitrogen and oxygen atoms in total. The summed E-state index contributed by atoms with van der Waals surface area (Å²) in [5.41, 5.74) is 11.7. The molecule has 0 spiro atoms. The number of carbonyl (C=O) groups excluding carboxylic acids is 2. The third-order valence-electron chi connectivity index (χ3n) is 27.8. The SMILES string of the molecule is CC1CCC([C@H]2COc3cc(S(=O)(=O)NC(=O)c4ccc(N5CCN(CC6=C(c7ccc(Cl)cc7)CC(C)(C)CC6)CC5)cc4Oc4cnc5[nH]ccc5c4)cc([N+](=O)[O-])c3C2)CC1.CC1CCC([C@H]2COc3cc(S(=O)(=O)NC(=O)c4ccc(N5CCN(CC6=C(c7ccc(Cl)cc7)CC(C)(C)CC6)CC5)cc4Oc4cnc5[nH]ccc5c4)cc([N+](=O)[O-])c3C2)CC1. The predicted molar refractivity (Wildman–Crippen MR) is 498 cm³/mol. The first kappa shape index (κ1) is 89.1. The number of piperazine rings is 2. The van der Waals surface area contributed by atoms with Crippen LogP contribution in [0.3, 0.4) is 0 Å². The van der Waals surface area contributed by atoms with Gasteiger partial charge in [-0.15, -0.1) is 0 Å². The molecule has 18 rings (SSSR count). The molecule has 8 aliphatic rings. The van der Waals surface area contributed by atoms with Crippen molar-refractivity contribution in [3.8, 4) is 34.5 Å². The maximum atomic E-state index is 14.1. The van der Waals surface area contributed by atoms with Gasteiger partial charge in [-0.1, -0.05) is 126 Å². The Morgan fingerprint density at radius 3 is 1.27 bits per heavy atom. The number of amides is 2. The van der Waals surface area contributed by atoms with Crippen LogP contribution >= 0.6 is 23.2 Å². The Balaban J connectivity index is 0.000000180. The number of rotatable bonds is 22. The van der Waals surface area contributed by atoms with E-state index in [1.165, 1.54) is 57.9 Å². The molecule has 4 aliphatic heterocycles. The van der Waals surface area contributed by atoms with Crippen molar-refractivity contribution < 1.29 is 55.2 Å². The van der Waals surface area contributed by atoms with E-state index in [0.29, 0.717) is 83.6 Å². The van der Waals surface area contributed by atoms with Gasteiger partial charge < -0.3 is 38.7 Å². The molecule has 8 heterocycles. The van der Waals surface area contributed by atoms with Gasteiger partial charge >= 0.3 is 0 Å². The molecule has 4 fully saturated rings. The van der Waals surface area contributed by atoms with Crippen molar-refractivity contribution >= 4 is 111 Å². The van der Waals surface area contributed by atoms with Gasteiger partial charge in [-0.25, -0.2) is 36.2 Å². The van der Waals surface area contributed by atoms with Crippen molar-refractivity contribution in [2.45, 2.75) is 154 Å².